The molecule has 0 unspecified atom stereocenters. The number of likely N-dealkylation sites (tertiary alicyclic amines) is 2. The number of carboxylic acids is 1. The number of nitrogens with zero attached hydrogens (tertiary/aromatic N) is 10. The van der Waals surface area contributed by atoms with Gasteiger partial charge in [-0.1, -0.05) is 125 Å². The first-order chi connectivity index (χ1) is 64.6. The number of nitrogens with one attached hydrogen (secondary N) is 4. The number of aliphatic hydroxyl groups is 8. The Morgan fingerprint density at radius 2 is 0.956 bits per heavy atom. The van der Waals surface area contributed by atoms with Gasteiger partial charge in [0, 0.05) is 70.7 Å². The fraction of sp³-hybridized carbons (Fsp3) is 0.457. The predicted molar refractivity (Wildman–Crippen MR) is 499 cm³/mol. The van der Waals surface area contributed by atoms with Gasteiger partial charge >= 0.3 is 5.97 Å². The molecular weight excluding hydrogens is 1830 g/mol. The van der Waals surface area contributed by atoms with Crippen molar-refractivity contribution in [3.63, 3.8) is 0 Å². The number of β-amino-alcohol motifs (C(OH)–C–C–N with tert-alkyl or cyclic N) is 2. The number of aromatic nitrogens is 8. The Kier molecular flexibility index (Phi) is 35.3. The highest BCUT2D eigenvalue weighted by molar-refractivity contribution is 7.13. The van der Waals surface area contributed by atoms with Crippen molar-refractivity contribution in [2.24, 2.45) is 16.6 Å². The number of alkyl halides is 1. The number of aliphatic carboxylic acids is 1. The molecule has 6 amide bonds. The highest BCUT2D eigenvalue weighted by Crippen LogP contribution is 2.43. The van der Waals surface area contributed by atoms with Crippen molar-refractivity contribution in [2.75, 3.05) is 51.5 Å². The number of aryl methyl sites for hydroxylation is 2. The van der Waals surface area contributed by atoms with E-state index in [1.807, 2.05) is 109 Å². The molecule has 0 radical (unpaired) electrons. The number of carbonyl (C=O) groups excluding carboxylic acids is 7. The number of Topliss-reactive ketones (excluding diaryl/α,β-unsaturated/α-hetero) is 1. The summed E-state index contributed by atoms with van der Waals surface area (Å²) in [6, 6.07) is 24.1. The van der Waals surface area contributed by atoms with Gasteiger partial charge in [0.15, 0.2) is 24.8 Å². The lowest BCUT2D eigenvalue weighted by atomic mass is 9.85. The normalized spacial score (nSPS) is 21.3. The van der Waals surface area contributed by atoms with Crippen LogP contribution in [0.5, 0.6) is 11.5 Å². The molecule has 6 aromatic heterocycles. The number of nitrogen functional groups attached to an aromatic ring is 2. The number of benzene rings is 4. The van der Waals surface area contributed by atoms with Gasteiger partial charge in [0.25, 0.3) is 0 Å². The van der Waals surface area contributed by atoms with Crippen molar-refractivity contribution in [3.8, 4) is 32.4 Å². The van der Waals surface area contributed by atoms with Crippen LogP contribution in [0.3, 0.4) is 0 Å². The molecular formula is C92H114Cl2FN17O21S2. The largest absolute Gasteiger partial charge is 0.484 e. The van der Waals surface area contributed by atoms with Crippen LogP contribution in [0.25, 0.3) is 42.9 Å². The number of anilines is 2. The first-order valence-corrected chi connectivity index (χ1v) is 45.9. The summed E-state index contributed by atoms with van der Waals surface area (Å²) >= 11 is 15.5. The van der Waals surface area contributed by atoms with Crippen LogP contribution in [0.4, 0.5) is 16.0 Å². The molecule has 10 heterocycles. The first kappa shape index (κ1) is 103. The maximum atomic E-state index is 14.0. The molecule has 43 heteroatoms. The lowest BCUT2D eigenvalue weighted by Crippen LogP contribution is -2.57. The van der Waals surface area contributed by atoms with Crippen LogP contribution in [0.2, 0.25) is 10.0 Å². The van der Waals surface area contributed by atoms with Crippen molar-refractivity contribution in [3.05, 3.63) is 177 Å². The van der Waals surface area contributed by atoms with E-state index in [1.54, 1.807) is 52.7 Å². The molecule has 4 aliphatic heterocycles. The first-order valence-electron chi connectivity index (χ1n) is 44.1. The van der Waals surface area contributed by atoms with Crippen LogP contribution >= 0.6 is 45.9 Å². The molecule has 0 spiro atoms. The van der Waals surface area contributed by atoms with Gasteiger partial charge in [-0.25, -0.2) is 34.7 Å². The molecule has 726 valence electrons. The van der Waals surface area contributed by atoms with Crippen molar-refractivity contribution in [1.82, 2.24) is 70.1 Å². The summed E-state index contributed by atoms with van der Waals surface area (Å²) in [6.07, 6.45) is -7.38. The van der Waals surface area contributed by atoms with E-state index >= 15 is 0 Å². The molecule has 19 N–H and O–H groups in total. The third-order valence-electron chi connectivity index (χ3n) is 23.3. The molecule has 135 heavy (non-hydrogen) atoms. The van der Waals surface area contributed by atoms with Crippen molar-refractivity contribution in [1.29, 1.82) is 0 Å². The number of hydrogen-bond donors (Lipinski definition) is 16. The van der Waals surface area contributed by atoms with E-state index in [9.17, 15) is 83.6 Å². The van der Waals surface area contributed by atoms with Crippen LogP contribution in [0, 0.1) is 24.7 Å². The van der Waals surface area contributed by atoms with Crippen molar-refractivity contribution in [2.45, 2.75) is 218 Å². The number of thiazole rings is 2. The zero-order valence-electron chi connectivity index (χ0n) is 76.3. The van der Waals surface area contributed by atoms with Gasteiger partial charge in [-0.05, 0) is 120 Å². The number of amides is 6. The van der Waals surface area contributed by atoms with Gasteiger partial charge in [0.1, 0.15) is 127 Å². The smallest absolute Gasteiger partial charge is 0.341 e. The third-order valence-corrected chi connectivity index (χ3v) is 25.9. The Balaban J connectivity index is 0.000000213. The third kappa shape index (κ3) is 25.7. The average Bonchev–Trinajstić information content (AvgIpc) is 1.62. The summed E-state index contributed by atoms with van der Waals surface area (Å²) in [6.45, 7) is 14.9. The summed E-state index contributed by atoms with van der Waals surface area (Å²) < 4.78 is 41.1. The number of carbonyl (C=O) groups is 8. The topological polar surface area (TPSA) is 575 Å². The number of ketones is 1. The minimum absolute atomic E-state index is 0.0284. The minimum atomic E-state index is -1.49. The number of carboxylic acid groups (broad SMARTS) is 1. The molecule has 0 saturated carbocycles. The van der Waals surface area contributed by atoms with E-state index in [0.29, 0.717) is 54.4 Å². The molecule has 4 aliphatic rings. The maximum Gasteiger partial charge on any atom is 0.341 e. The van der Waals surface area contributed by atoms with Gasteiger partial charge in [-0.15, -0.1) is 22.7 Å². The van der Waals surface area contributed by atoms with Gasteiger partial charge in [-0.3, -0.25) is 38.0 Å². The highest BCUT2D eigenvalue weighted by atomic mass is 35.5. The second-order valence-electron chi connectivity index (χ2n) is 35.1. The van der Waals surface area contributed by atoms with Gasteiger partial charge in [0.05, 0.1) is 73.7 Å². The molecule has 16 atom stereocenters. The summed E-state index contributed by atoms with van der Waals surface area (Å²) in [5.74, 6) is -3.06. The second-order valence-corrected chi connectivity index (χ2v) is 37.7. The number of aliphatic hydroxyl groups excluding tert-OH is 8. The molecule has 38 nitrogen and oxygen atoms in total. The monoisotopic (exact) mass is 1950 g/mol. The standard InChI is InChI=1S/C46H55ClN8O10S.C26H37N5O4S.C19H19ClN4O7.CH3F/c1-24-39(66-23-52-24)26-11-9-25(10-12-26)19-49-43(62)32-18-29(57)20-55(32)44(63)40(46(2,3)4)53-34(58)8-6-5-7-28(56)21-64-33-17-27(13-14-31(33)47)35(59)38-36(60)37(61)45(65-38)54-16-15-30-41(48)50-22-51-42(30)54;1-16-22(36-15-29-16)18-9-7-17(8-10-18)13-28-24(34)20-12-19(32)14-31(20)25(35)23(26(2,3)4)30-21(33)6-5-11-27;20-10-2-1-8(5-11(10)30-6-12(25)26)13(27)16-14(28)15(29)19(31-16)24-4-3-9-17(21)22-7-23-18(9)24;1-2/h9-17,22-23,29,32,35-38,40,45,57,59-61H,5-8,18-21H2,1-4H3,(H,49,62)(H,53,58)(H2,48,50,51);7-10,15,19-20,23,32H,5-6,11-14,27H2,1-4H3,(H,28,34)(H,30,33);1-5,7,13-16,19,27-29H,6H2,(H,25,26)(H2,21,22,23);1H3/t29-,32+,35-,36+,37-,38-,40-,45-;19-,20+,23-;13-,14+,15-,16-,19-;/m111./s1/i;;;1D. The zero-order chi connectivity index (χ0) is 98.9. The molecule has 0 aliphatic carbocycles. The number of hydrogen-bond acceptors (Lipinski definition) is 31. The Bertz CT molecular complexity index is 5810. The number of fused-ring (bicyclic) bond motifs is 2. The van der Waals surface area contributed by atoms with E-state index in [4.69, 9.17) is 65.8 Å². The van der Waals surface area contributed by atoms with Gasteiger partial charge in [0.2, 0.25) is 35.4 Å². The predicted octanol–water partition coefficient (Wildman–Crippen LogP) is 6.80. The molecule has 4 fully saturated rings. The van der Waals surface area contributed by atoms with Crippen molar-refractivity contribution >= 4 is 127 Å². The number of rotatable bonds is 32. The fourth-order valence-corrected chi connectivity index (χ4v) is 18.0. The summed E-state index contributed by atoms with van der Waals surface area (Å²) in [4.78, 5) is 133. The lowest BCUT2D eigenvalue weighted by molar-refractivity contribution is -0.144. The van der Waals surface area contributed by atoms with E-state index < -0.39 is 146 Å². The van der Waals surface area contributed by atoms with Crippen LogP contribution < -0.4 is 47.9 Å². The molecule has 0 bridgehead atoms. The Morgan fingerprint density at radius 3 is 1.33 bits per heavy atom. The minimum Gasteiger partial charge on any atom is -0.484 e. The quantitative estimate of drug-likeness (QED) is 0.0193. The lowest BCUT2D eigenvalue weighted by Gasteiger charge is -2.35. The van der Waals surface area contributed by atoms with Crippen LogP contribution in [-0.4, -0.2) is 255 Å². The van der Waals surface area contributed by atoms with E-state index in [-0.39, 0.29) is 126 Å². The SMILES string of the molecule is Cc1ncsc1-c1ccc(CNC(=O)[C@@H]2C[C@@H](O)CN2C(=O)[C@@H](NC(=O)CCCCC(=O)COc2cc([C@@H](O)[C@H]3O[C@@H](n4ccc5c(N)ncnc54)[C@H](O)[C@@H]3O)ccc2Cl)C(C)(C)C)cc1.Cc1ncsc1-c1ccc(CNC(=O)[C@@H]2C[C@@H](O)CN2C(=O)[C@@H](NC(=O)CCCN)C(C)(C)C)cc1.Nc1ncnc2c1ccn2[C@@H]1O[C@H]([C@H](O)c2ccc(Cl)c(OCC(=O)O)c2)[C@@H](O)[C@H]1O.[2H]CF. The summed E-state index contributed by atoms with van der Waals surface area (Å²) in [5.41, 5.74) is 26.7. The molecule has 14 rings (SSSR count). The average molecular weight is 1950 g/mol. The summed E-state index contributed by atoms with van der Waals surface area (Å²) in [5, 5.41) is 108. The van der Waals surface area contributed by atoms with Crippen LogP contribution in [0.15, 0.2) is 133 Å². The summed E-state index contributed by atoms with van der Waals surface area (Å²) in [7, 11) is -1.00. The number of halogens is 3. The van der Waals surface area contributed by atoms with Gasteiger partial charge < -0.3 is 122 Å². The zero-order valence-corrected chi connectivity index (χ0v) is 78.5. The molecule has 4 saturated heterocycles. The fourth-order valence-electron chi connectivity index (χ4n) is 16.0. The Labute approximate surface area is 796 Å². The van der Waals surface area contributed by atoms with Gasteiger partial charge in [-0.2, -0.15) is 0 Å². The van der Waals surface area contributed by atoms with Crippen LogP contribution in [-0.2, 0) is 60.9 Å². The maximum absolute atomic E-state index is 14.0. The second kappa shape index (κ2) is 46.4. The van der Waals surface area contributed by atoms with Crippen molar-refractivity contribution < 1.29 is 109 Å². The number of ether oxygens (including phenoxy) is 4. The molecule has 10 aromatic rings. The van der Waals surface area contributed by atoms with Crippen LogP contribution in [0.1, 0.15) is 153 Å². The van der Waals surface area contributed by atoms with E-state index in [1.165, 1.54) is 68.0 Å². The number of nitrogens with two attached hydrogens (primary N) is 3. The highest BCUT2D eigenvalue weighted by Gasteiger charge is 2.51. The van der Waals surface area contributed by atoms with E-state index in [2.05, 4.69) is 51.2 Å². The number of unbranched alkanes of at least 4 members (excludes halogenated alkanes) is 1. The Morgan fingerprint density at radius 1 is 0.563 bits per heavy atom. The Hall–Kier alpha value is -11.4. The van der Waals surface area contributed by atoms with E-state index in [0.717, 1.165) is 43.4 Å². The molecule has 4 aromatic carbocycles.